The van der Waals surface area contributed by atoms with Crippen molar-refractivity contribution in [1.82, 2.24) is 10.7 Å². The van der Waals surface area contributed by atoms with Crippen molar-refractivity contribution in [2.75, 3.05) is 0 Å². The van der Waals surface area contributed by atoms with E-state index in [2.05, 4.69) is 15.8 Å². The van der Waals surface area contributed by atoms with Gasteiger partial charge in [0, 0.05) is 21.0 Å². The zero-order chi connectivity index (χ0) is 20.6. The van der Waals surface area contributed by atoms with Crippen molar-refractivity contribution in [2.24, 2.45) is 5.10 Å². The largest absolute Gasteiger partial charge is 0.507 e. The maximum atomic E-state index is 12.6. The molecule has 0 atom stereocenters. The number of nitrogens with zero attached hydrogens (tertiary/aromatic N) is 1. The van der Waals surface area contributed by atoms with Gasteiger partial charge < -0.3 is 10.4 Å². The average molecular weight is 426 g/mol. The van der Waals surface area contributed by atoms with Gasteiger partial charge in [0.05, 0.1) is 6.21 Å². The van der Waals surface area contributed by atoms with Crippen LogP contribution in [0.4, 0.5) is 0 Å². The number of carbonyl (C=O) groups is 2. The Kier molecular flexibility index (Phi) is 6.78. The summed E-state index contributed by atoms with van der Waals surface area (Å²) in [4.78, 5) is 25.8. The van der Waals surface area contributed by atoms with Crippen LogP contribution in [-0.4, -0.2) is 23.1 Å². The maximum Gasteiger partial charge on any atom is 0.287 e. The van der Waals surface area contributed by atoms with Gasteiger partial charge in [0.2, 0.25) is 0 Å². The summed E-state index contributed by atoms with van der Waals surface area (Å²) in [6.45, 7) is 0. The molecule has 1 heterocycles. The molecule has 0 aliphatic rings. The summed E-state index contributed by atoms with van der Waals surface area (Å²) in [5, 5.41) is 18.5. The van der Waals surface area contributed by atoms with Crippen LogP contribution in [0, 0.1) is 0 Å². The fraction of sp³-hybridized carbons (Fsp3) is 0. The lowest BCUT2D eigenvalue weighted by atomic mass is 10.2. The van der Waals surface area contributed by atoms with Crippen molar-refractivity contribution in [3.05, 3.63) is 92.8 Å². The van der Waals surface area contributed by atoms with Crippen LogP contribution in [0.5, 0.6) is 5.75 Å². The quantitative estimate of drug-likeness (QED) is 0.316. The van der Waals surface area contributed by atoms with Gasteiger partial charge in [-0.2, -0.15) is 5.10 Å². The summed E-state index contributed by atoms with van der Waals surface area (Å²) < 4.78 is 0. The lowest BCUT2D eigenvalue weighted by Crippen LogP contribution is -2.32. The summed E-state index contributed by atoms with van der Waals surface area (Å²) in [6, 6.07) is 16.7. The molecule has 0 saturated heterocycles. The minimum atomic E-state index is -0.611. The Morgan fingerprint density at radius 1 is 1.07 bits per heavy atom. The first kappa shape index (κ1) is 20.3. The molecular weight excluding hydrogens is 410 g/mol. The molecule has 3 aromatic rings. The number of phenolic OH excluding ortho intramolecular Hbond substituents is 1. The van der Waals surface area contributed by atoms with Gasteiger partial charge in [-0.15, -0.1) is 11.3 Å². The Balaban J connectivity index is 1.77. The summed E-state index contributed by atoms with van der Waals surface area (Å²) in [5.74, 6) is -1.06. The molecule has 0 bridgehead atoms. The molecule has 3 N–H and O–H groups in total. The molecule has 0 unspecified atom stereocenters. The smallest absolute Gasteiger partial charge is 0.287 e. The molecule has 8 heteroatoms. The minimum Gasteiger partial charge on any atom is -0.507 e. The second-order valence-electron chi connectivity index (χ2n) is 5.80. The second-order valence-corrected chi connectivity index (χ2v) is 7.21. The number of nitrogens with one attached hydrogen (secondary N) is 2. The van der Waals surface area contributed by atoms with Crippen molar-refractivity contribution in [3.63, 3.8) is 0 Å². The Labute approximate surface area is 176 Å². The third-order valence-electron chi connectivity index (χ3n) is 3.72. The van der Waals surface area contributed by atoms with Crippen LogP contribution in [0.3, 0.4) is 0 Å². The van der Waals surface area contributed by atoms with Gasteiger partial charge >= 0.3 is 0 Å². The van der Waals surface area contributed by atoms with Crippen molar-refractivity contribution >= 4 is 47.0 Å². The van der Waals surface area contributed by atoms with Gasteiger partial charge in [-0.3, -0.25) is 9.59 Å². The summed E-state index contributed by atoms with van der Waals surface area (Å²) in [7, 11) is 0. The minimum absolute atomic E-state index is 0.0286. The lowest BCUT2D eigenvalue weighted by Gasteiger charge is -2.08. The van der Waals surface area contributed by atoms with Crippen LogP contribution in [0.15, 0.2) is 76.8 Å². The zero-order valence-corrected chi connectivity index (χ0v) is 16.6. The first-order valence-electron chi connectivity index (χ1n) is 8.46. The summed E-state index contributed by atoms with van der Waals surface area (Å²) >= 11 is 7.31. The number of hydrogen-bond acceptors (Lipinski definition) is 5. The van der Waals surface area contributed by atoms with Gasteiger partial charge in [-0.25, -0.2) is 5.43 Å². The van der Waals surface area contributed by atoms with Crippen LogP contribution in [0.1, 0.15) is 20.8 Å². The Morgan fingerprint density at radius 3 is 2.59 bits per heavy atom. The first-order valence-corrected chi connectivity index (χ1v) is 9.72. The van der Waals surface area contributed by atoms with Gasteiger partial charge in [0.1, 0.15) is 11.4 Å². The SMILES string of the molecule is O=C(N/N=C\c1cc(Cl)ccc1O)/C(=C/c1cccs1)NC(=O)c1ccccc1. The maximum absolute atomic E-state index is 12.6. The number of hydrogen-bond donors (Lipinski definition) is 3. The van der Waals surface area contributed by atoms with E-state index in [4.69, 9.17) is 11.6 Å². The fourth-order valence-electron chi connectivity index (χ4n) is 2.31. The summed E-state index contributed by atoms with van der Waals surface area (Å²) in [6.07, 6.45) is 2.83. The van der Waals surface area contributed by atoms with Crippen LogP contribution >= 0.6 is 22.9 Å². The van der Waals surface area contributed by atoms with Gasteiger partial charge in [0.25, 0.3) is 11.8 Å². The number of aromatic hydroxyl groups is 1. The first-order chi connectivity index (χ1) is 14.0. The number of amides is 2. The Hall–Kier alpha value is -3.42. The third kappa shape index (κ3) is 5.78. The van der Waals surface area contributed by atoms with Crippen molar-refractivity contribution in [2.45, 2.75) is 0 Å². The van der Waals surface area contributed by atoms with E-state index in [1.165, 1.54) is 35.8 Å². The van der Waals surface area contributed by atoms with E-state index in [1.807, 2.05) is 17.5 Å². The van der Waals surface area contributed by atoms with Crippen molar-refractivity contribution in [3.8, 4) is 5.75 Å². The van der Waals surface area contributed by atoms with Crippen LogP contribution < -0.4 is 10.7 Å². The Bertz CT molecular complexity index is 1060. The number of rotatable bonds is 6. The molecular formula is C21H16ClN3O3S. The van der Waals surface area contributed by atoms with Crippen LogP contribution in [-0.2, 0) is 4.79 Å². The van der Waals surface area contributed by atoms with Crippen molar-refractivity contribution < 1.29 is 14.7 Å². The predicted molar refractivity (Wildman–Crippen MR) is 115 cm³/mol. The van der Waals surface area contributed by atoms with E-state index >= 15 is 0 Å². The topological polar surface area (TPSA) is 90.8 Å². The molecule has 146 valence electrons. The monoisotopic (exact) mass is 425 g/mol. The van der Waals surface area contributed by atoms with E-state index in [9.17, 15) is 14.7 Å². The molecule has 0 fully saturated rings. The highest BCUT2D eigenvalue weighted by Gasteiger charge is 2.14. The normalized spacial score (nSPS) is 11.4. The summed E-state index contributed by atoms with van der Waals surface area (Å²) in [5.41, 5.74) is 3.14. The van der Waals surface area contributed by atoms with E-state index in [1.54, 1.807) is 36.4 Å². The molecule has 29 heavy (non-hydrogen) atoms. The molecule has 6 nitrogen and oxygen atoms in total. The molecule has 0 aliphatic heterocycles. The van der Waals surface area contributed by atoms with Gasteiger partial charge in [-0.05, 0) is 47.9 Å². The molecule has 0 spiro atoms. The van der Waals surface area contributed by atoms with Gasteiger partial charge in [0.15, 0.2) is 0 Å². The second kappa shape index (κ2) is 9.68. The third-order valence-corrected chi connectivity index (χ3v) is 4.77. The van der Waals surface area contributed by atoms with E-state index < -0.39 is 11.8 Å². The molecule has 0 aliphatic carbocycles. The molecule has 0 saturated carbocycles. The number of benzene rings is 2. The highest BCUT2D eigenvalue weighted by molar-refractivity contribution is 7.10. The molecule has 2 aromatic carbocycles. The number of phenols is 1. The molecule has 2 amide bonds. The zero-order valence-electron chi connectivity index (χ0n) is 15.0. The highest BCUT2D eigenvalue weighted by Crippen LogP contribution is 2.19. The molecule has 3 rings (SSSR count). The van der Waals surface area contributed by atoms with E-state index in [0.29, 0.717) is 16.1 Å². The lowest BCUT2D eigenvalue weighted by molar-refractivity contribution is -0.117. The van der Waals surface area contributed by atoms with E-state index in [-0.39, 0.29) is 11.4 Å². The number of halogens is 1. The Morgan fingerprint density at radius 2 is 1.86 bits per heavy atom. The van der Waals surface area contributed by atoms with Gasteiger partial charge in [-0.1, -0.05) is 35.9 Å². The molecule has 1 aromatic heterocycles. The standard InChI is InChI=1S/C21H16ClN3O3S/c22-16-8-9-19(26)15(11-16)13-23-25-21(28)18(12-17-7-4-10-29-17)24-20(27)14-5-2-1-3-6-14/h1-13,26H,(H,24,27)(H,25,28)/b18-12-,23-13-. The van der Waals surface area contributed by atoms with Crippen LogP contribution in [0.25, 0.3) is 6.08 Å². The predicted octanol–water partition coefficient (Wildman–Crippen LogP) is 4.03. The highest BCUT2D eigenvalue weighted by atomic mass is 35.5. The average Bonchev–Trinajstić information content (AvgIpc) is 3.23. The molecule has 0 radical (unpaired) electrons. The van der Waals surface area contributed by atoms with Crippen molar-refractivity contribution in [1.29, 1.82) is 0 Å². The van der Waals surface area contributed by atoms with Crippen LogP contribution in [0.2, 0.25) is 5.02 Å². The number of thiophene rings is 1. The fourth-order valence-corrected chi connectivity index (χ4v) is 3.15. The number of hydrazone groups is 1. The number of carbonyl (C=O) groups excluding carboxylic acids is 2. The van der Waals surface area contributed by atoms with E-state index in [0.717, 1.165) is 4.88 Å².